The van der Waals surface area contributed by atoms with Crippen LogP contribution >= 0.6 is 0 Å². The Balaban J connectivity index is 2.50. The van der Waals surface area contributed by atoms with Gasteiger partial charge >= 0.3 is 5.97 Å². The van der Waals surface area contributed by atoms with Crippen molar-refractivity contribution in [3.05, 3.63) is 29.8 Å². The summed E-state index contributed by atoms with van der Waals surface area (Å²) >= 11 is 0. The van der Waals surface area contributed by atoms with Crippen molar-refractivity contribution in [2.75, 3.05) is 6.61 Å². The number of ketones is 1. The fourth-order valence-electron chi connectivity index (χ4n) is 1.45. The number of ether oxygens (including phenoxy) is 2. The molecular formula is C15H20O4. The molecular weight excluding hydrogens is 244 g/mol. The third kappa shape index (κ3) is 5.55. The third-order valence-electron chi connectivity index (χ3n) is 2.27. The van der Waals surface area contributed by atoms with E-state index in [-0.39, 0.29) is 12.4 Å². The minimum absolute atomic E-state index is 0.0821. The van der Waals surface area contributed by atoms with E-state index < -0.39 is 11.6 Å². The second kappa shape index (κ2) is 6.36. The molecule has 1 rings (SSSR count). The van der Waals surface area contributed by atoms with Crippen molar-refractivity contribution in [3.8, 4) is 5.75 Å². The van der Waals surface area contributed by atoms with Crippen LogP contribution in [0.1, 0.15) is 44.5 Å². The van der Waals surface area contributed by atoms with Gasteiger partial charge in [-0.2, -0.15) is 0 Å². The molecule has 0 radical (unpaired) electrons. The van der Waals surface area contributed by atoms with Gasteiger partial charge in [0.15, 0.2) is 12.4 Å². The van der Waals surface area contributed by atoms with Gasteiger partial charge in [-0.15, -0.1) is 0 Å². The molecule has 19 heavy (non-hydrogen) atoms. The second-order valence-corrected chi connectivity index (χ2v) is 5.18. The highest BCUT2D eigenvalue weighted by Gasteiger charge is 2.16. The molecule has 0 amide bonds. The van der Waals surface area contributed by atoms with Crippen LogP contribution in [-0.2, 0) is 9.53 Å². The SMILES string of the molecule is CCC(=O)c1ccc(OCC(=O)OC(C)(C)C)cc1. The summed E-state index contributed by atoms with van der Waals surface area (Å²) in [5.41, 5.74) is 0.129. The molecule has 0 aromatic heterocycles. The molecule has 0 saturated carbocycles. The summed E-state index contributed by atoms with van der Waals surface area (Å²) in [5, 5.41) is 0. The van der Waals surface area contributed by atoms with Crippen molar-refractivity contribution in [2.24, 2.45) is 0 Å². The molecule has 1 aromatic carbocycles. The quantitative estimate of drug-likeness (QED) is 0.606. The van der Waals surface area contributed by atoms with E-state index in [9.17, 15) is 9.59 Å². The molecule has 0 aliphatic rings. The molecule has 0 unspecified atom stereocenters. The lowest BCUT2D eigenvalue weighted by atomic mass is 10.1. The fourth-order valence-corrected chi connectivity index (χ4v) is 1.45. The van der Waals surface area contributed by atoms with Crippen LogP contribution in [0.15, 0.2) is 24.3 Å². The van der Waals surface area contributed by atoms with Gasteiger partial charge in [0.1, 0.15) is 11.4 Å². The minimum Gasteiger partial charge on any atom is -0.482 e. The predicted octanol–water partition coefficient (Wildman–Crippen LogP) is 3.00. The monoisotopic (exact) mass is 264 g/mol. The highest BCUT2D eigenvalue weighted by atomic mass is 16.6. The Kier molecular flexibility index (Phi) is 5.10. The van der Waals surface area contributed by atoms with Crippen LogP contribution in [0.2, 0.25) is 0 Å². The van der Waals surface area contributed by atoms with Gasteiger partial charge in [0.25, 0.3) is 0 Å². The number of Topliss-reactive ketones (excluding diaryl/α,β-unsaturated/α-hetero) is 1. The van der Waals surface area contributed by atoms with E-state index in [0.717, 1.165) is 0 Å². The first kappa shape index (κ1) is 15.2. The number of rotatable bonds is 5. The topological polar surface area (TPSA) is 52.6 Å². The predicted molar refractivity (Wildman–Crippen MR) is 72.4 cm³/mol. The third-order valence-corrected chi connectivity index (χ3v) is 2.27. The molecule has 4 heteroatoms. The Hall–Kier alpha value is -1.84. The lowest BCUT2D eigenvalue weighted by molar-refractivity contribution is -0.157. The maximum Gasteiger partial charge on any atom is 0.344 e. The minimum atomic E-state index is -0.516. The average Bonchev–Trinajstić information content (AvgIpc) is 2.34. The molecule has 0 saturated heterocycles. The van der Waals surface area contributed by atoms with Crippen molar-refractivity contribution in [3.63, 3.8) is 0 Å². The first-order chi connectivity index (χ1) is 8.81. The van der Waals surface area contributed by atoms with E-state index in [1.54, 1.807) is 45.0 Å². The van der Waals surface area contributed by atoms with E-state index in [2.05, 4.69) is 0 Å². The zero-order valence-corrected chi connectivity index (χ0v) is 11.9. The number of hydrogen-bond acceptors (Lipinski definition) is 4. The summed E-state index contributed by atoms with van der Waals surface area (Å²) in [6.45, 7) is 7.08. The van der Waals surface area contributed by atoms with E-state index in [0.29, 0.717) is 17.7 Å². The van der Waals surface area contributed by atoms with Gasteiger partial charge < -0.3 is 9.47 Å². The Bertz CT molecular complexity index is 440. The summed E-state index contributed by atoms with van der Waals surface area (Å²) in [5.74, 6) is 0.207. The maximum absolute atomic E-state index is 11.5. The van der Waals surface area contributed by atoms with Crippen LogP contribution in [0.4, 0.5) is 0 Å². The van der Waals surface area contributed by atoms with Gasteiger partial charge in [0.05, 0.1) is 0 Å². The van der Waals surface area contributed by atoms with Crippen LogP contribution in [0.3, 0.4) is 0 Å². The fraction of sp³-hybridized carbons (Fsp3) is 0.467. The Morgan fingerprint density at radius 3 is 2.16 bits per heavy atom. The molecule has 0 spiro atoms. The molecule has 0 bridgehead atoms. The summed E-state index contributed by atoms with van der Waals surface area (Å²) in [6.07, 6.45) is 0.470. The molecule has 0 heterocycles. The molecule has 1 aromatic rings. The number of hydrogen-bond donors (Lipinski definition) is 0. The van der Waals surface area contributed by atoms with Crippen molar-refractivity contribution >= 4 is 11.8 Å². The Morgan fingerprint density at radius 1 is 1.11 bits per heavy atom. The summed E-state index contributed by atoms with van der Waals surface area (Å²) < 4.78 is 10.4. The zero-order chi connectivity index (χ0) is 14.5. The Morgan fingerprint density at radius 2 is 1.68 bits per heavy atom. The van der Waals surface area contributed by atoms with Crippen molar-refractivity contribution in [1.29, 1.82) is 0 Å². The molecule has 0 N–H and O–H groups in total. The normalized spacial score (nSPS) is 10.9. The van der Waals surface area contributed by atoms with Crippen molar-refractivity contribution in [2.45, 2.75) is 39.7 Å². The molecule has 4 nitrogen and oxygen atoms in total. The van der Waals surface area contributed by atoms with Gasteiger partial charge in [0, 0.05) is 12.0 Å². The van der Waals surface area contributed by atoms with Crippen LogP contribution < -0.4 is 4.74 Å². The van der Waals surface area contributed by atoms with Gasteiger partial charge in [-0.05, 0) is 45.0 Å². The molecule has 0 atom stereocenters. The van der Waals surface area contributed by atoms with Crippen LogP contribution in [-0.4, -0.2) is 24.0 Å². The summed E-state index contributed by atoms with van der Waals surface area (Å²) in [4.78, 5) is 22.9. The molecule has 0 aliphatic heterocycles. The van der Waals surface area contributed by atoms with E-state index in [4.69, 9.17) is 9.47 Å². The van der Waals surface area contributed by atoms with Crippen molar-refractivity contribution in [1.82, 2.24) is 0 Å². The van der Waals surface area contributed by atoms with Crippen LogP contribution in [0, 0.1) is 0 Å². The lowest BCUT2D eigenvalue weighted by Gasteiger charge is -2.19. The highest BCUT2D eigenvalue weighted by Crippen LogP contribution is 2.14. The maximum atomic E-state index is 11.5. The number of carbonyl (C=O) groups is 2. The molecule has 0 fully saturated rings. The zero-order valence-electron chi connectivity index (χ0n) is 11.9. The van der Waals surface area contributed by atoms with Crippen LogP contribution in [0.25, 0.3) is 0 Å². The van der Waals surface area contributed by atoms with E-state index in [1.807, 2.05) is 6.92 Å². The summed E-state index contributed by atoms with van der Waals surface area (Å²) in [7, 11) is 0. The van der Waals surface area contributed by atoms with Crippen LogP contribution in [0.5, 0.6) is 5.75 Å². The first-order valence-electron chi connectivity index (χ1n) is 6.29. The number of carbonyl (C=O) groups excluding carboxylic acids is 2. The standard InChI is InChI=1S/C15H20O4/c1-5-13(16)11-6-8-12(9-7-11)18-10-14(17)19-15(2,3)4/h6-9H,5,10H2,1-4H3. The van der Waals surface area contributed by atoms with Gasteiger partial charge in [-0.1, -0.05) is 6.92 Å². The van der Waals surface area contributed by atoms with Gasteiger partial charge in [-0.25, -0.2) is 4.79 Å². The highest BCUT2D eigenvalue weighted by molar-refractivity contribution is 5.95. The molecule has 104 valence electrons. The van der Waals surface area contributed by atoms with Crippen molar-refractivity contribution < 1.29 is 19.1 Å². The smallest absolute Gasteiger partial charge is 0.344 e. The van der Waals surface area contributed by atoms with E-state index >= 15 is 0 Å². The second-order valence-electron chi connectivity index (χ2n) is 5.18. The first-order valence-corrected chi connectivity index (χ1v) is 6.29. The van der Waals surface area contributed by atoms with Gasteiger partial charge in [-0.3, -0.25) is 4.79 Å². The molecule has 0 aliphatic carbocycles. The largest absolute Gasteiger partial charge is 0.482 e. The number of esters is 1. The Labute approximate surface area is 113 Å². The average molecular weight is 264 g/mol. The summed E-state index contributed by atoms with van der Waals surface area (Å²) in [6, 6.07) is 6.73. The lowest BCUT2D eigenvalue weighted by Crippen LogP contribution is -2.27. The van der Waals surface area contributed by atoms with Gasteiger partial charge in [0.2, 0.25) is 0 Å². The number of benzene rings is 1. The van der Waals surface area contributed by atoms with E-state index in [1.165, 1.54) is 0 Å².